The summed E-state index contributed by atoms with van der Waals surface area (Å²) < 4.78 is 45.3. The Morgan fingerprint density at radius 2 is 1.90 bits per heavy atom. The van der Waals surface area contributed by atoms with Gasteiger partial charge in [0.1, 0.15) is 16.6 Å². The summed E-state index contributed by atoms with van der Waals surface area (Å²) >= 11 is 1.27. The highest BCUT2D eigenvalue weighted by Gasteiger charge is 2.43. The van der Waals surface area contributed by atoms with Crippen LogP contribution in [-0.2, 0) is 19.5 Å². The van der Waals surface area contributed by atoms with Crippen molar-refractivity contribution in [1.82, 2.24) is 4.31 Å². The molecule has 1 unspecified atom stereocenters. The maximum atomic E-state index is 12.7. The molecule has 2 saturated heterocycles. The van der Waals surface area contributed by atoms with Gasteiger partial charge in [0, 0.05) is 26.1 Å². The Kier molecular flexibility index (Phi) is 6.56. The molecule has 1 spiro atoms. The number of sulfonamides is 1. The molecule has 6 nitrogen and oxygen atoms in total. The molecule has 0 N–H and O–H groups in total. The van der Waals surface area contributed by atoms with Gasteiger partial charge in [0.05, 0.1) is 18.3 Å². The molecule has 1 atom stereocenters. The molecule has 4 rings (SSSR count). The third kappa shape index (κ3) is 5.00. The molecule has 1 aromatic heterocycles. The molecule has 2 fully saturated rings. The molecule has 0 saturated carbocycles. The smallest absolute Gasteiger partial charge is 0.252 e. The molecule has 2 aliphatic rings. The number of hydrogen-bond acceptors (Lipinski definition) is 6. The monoisotopic (exact) mass is 437 g/mol. The number of ether oxygens (including phenoxy) is 3. The van der Waals surface area contributed by atoms with Crippen LogP contribution in [0.1, 0.15) is 25.7 Å². The average Bonchev–Trinajstić information content (AvgIpc) is 3.28. The maximum Gasteiger partial charge on any atom is 0.252 e. The SMILES string of the molecule is O=S(=O)(c1cccs1)N1CCC2(CC1)CC(OCCOc1ccccc1)CCO2. The largest absolute Gasteiger partial charge is 0.491 e. The van der Waals surface area contributed by atoms with Gasteiger partial charge in [-0.05, 0) is 42.8 Å². The van der Waals surface area contributed by atoms with E-state index < -0.39 is 10.0 Å². The van der Waals surface area contributed by atoms with Crippen LogP contribution in [0.2, 0.25) is 0 Å². The van der Waals surface area contributed by atoms with Crippen molar-refractivity contribution in [3.8, 4) is 5.75 Å². The van der Waals surface area contributed by atoms with E-state index in [4.69, 9.17) is 14.2 Å². The van der Waals surface area contributed by atoms with Crippen molar-refractivity contribution < 1.29 is 22.6 Å². The molecule has 2 aromatic rings. The van der Waals surface area contributed by atoms with E-state index in [-0.39, 0.29) is 11.7 Å². The van der Waals surface area contributed by atoms with Gasteiger partial charge in [0.25, 0.3) is 10.0 Å². The van der Waals surface area contributed by atoms with Gasteiger partial charge in [-0.25, -0.2) is 8.42 Å². The van der Waals surface area contributed by atoms with Crippen molar-refractivity contribution in [3.05, 3.63) is 47.8 Å². The van der Waals surface area contributed by atoms with Crippen LogP contribution in [0, 0.1) is 0 Å². The Morgan fingerprint density at radius 1 is 1.10 bits per heavy atom. The average molecular weight is 438 g/mol. The van der Waals surface area contributed by atoms with Crippen LogP contribution in [-0.4, -0.2) is 57.3 Å². The molecule has 0 amide bonds. The summed E-state index contributed by atoms with van der Waals surface area (Å²) in [4.78, 5) is 0. The van der Waals surface area contributed by atoms with Crippen LogP contribution in [0.4, 0.5) is 0 Å². The van der Waals surface area contributed by atoms with Crippen molar-refractivity contribution in [1.29, 1.82) is 0 Å². The number of thiophene rings is 1. The minimum absolute atomic E-state index is 0.128. The highest BCUT2D eigenvalue weighted by atomic mass is 32.2. The highest BCUT2D eigenvalue weighted by Crippen LogP contribution is 2.37. The summed E-state index contributed by atoms with van der Waals surface area (Å²) in [6.07, 6.45) is 3.22. The third-order valence-corrected chi connectivity index (χ3v) is 8.89. The minimum atomic E-state index is -3.38. The summed E-state index contributed by atoms with van der Waals surface area (Å²) in [5.41, 5.74) is -0.273. The van der Waals surface area contributed by atoms with Gasteiger partial charge in [-0.3, -0.25) is 0 Å². The lowest BCUT2D eigenvalue weighted by molar-refractivity contribution is -0.151. The normalized spacial score (nSPS) is 22.6. The van der Waals surface area contributed by atoms with Crippen LogP contribution >= 0.6 is 11.3 Å². The summed E-state index contributed by atoms with van der Waals surface area (Å²) in [6.45, 7) is 2.69. The molecule has 29 heavy (non-hydrogen) atoms. The van der Waals surface area contributed by atoms with Gasteiger partial charge >= 0.3 is 0 Å². The number of rotatable bonds is 7. The second-order valence-electron chi connectivity index (χ2n) is 7.51. The van der Waals surface area contributed by atoms with Crippen molar-refractivity contribution >= 4 is 21.4 Å². The molecule has 0 aliphatic carbocycles. The zero-order chi connectivity index (χ0) is 20.2. The van der Waals surface area contributed by atoms with Gasteiger partial charge in [-0.2, -0.15) is 4.31 Å². The molecule has 2 aliphatic heterocycles. The van der Waals surface area contributed by atoms with E-state index in [9.17, 15) is 8.42 Å². The first kappa shape index (κ1) is 20.8. The van der Waals surface area contributed by atoms with E-state index in [1.54, 1.807) is 21.8 Å². The van der Waals surface area contributed by atoms with Gasteiger partial charge in [0.15, 0.2) is 0 Å². The van der Waals surface area contributed by atoms with E-state index in [1.807, 2.05) is 30.3 Å². The summed E-state index contributed by atoms with van der Waals surface area (Å²) in [5, 5.41) is 1.80. The van der Waals surface area contributed by atoms with Crippen LogP contribution in [0.5, 0.6) is 5.75 Å². The fraction of sp³-hybridized carbons (Fsp3) is 0.524. The van der Waals surface area contributed by atoms with Crippen LogP contribution in [0.15, 0.2) is 52.1 Å². The lowest BCUT2D eigenvalue weighted by Gasteiger charge is -2.45. The van der Waals surface area contributed by atoms with Crippen molar-refractivity contribution in [2.24, 2.45) is 0 Å². The van der Waals surface area contributed by atoms with Gasteiger partial charge < -0.3 is 14.2 Å². The predicted molar refractivity (Wildman–Crippen MR) is 112 cm³/mol. The number of benzene rings is 1. The Bertz CT molecular complexity index is 862. The summed E-state index contributed by atoms with van der Waals surface area (Å²) in [7, 11) is -3.38. The zero-order valence-electron chi connectivity index (χ0n) is 16.4. The van der Waals surface area contributed by atoms with E-state index >= 15 is 0 Å². The molecular weight excluding hydrogens is 410 g/mol. The first-order valence-electron chi connectivity index (χ1n) is 10.0. The number of piperidine rings is 1. The Balaban J connectivity index is 1.25. The van der Waals surface area contributed by atoms with Gasteiger partial charge in [-0.1, -0.05) is 24.3 Å². The number of para-hydroxylation sites is 1. The van der Waals surface area contributed by atoms with Crippen molar-refractivity contribution in [2.45, 2.75) is 41.6 Å². The quantitative estimate of drug-likeness (QED) is 0.620. The van der Waals surface area contributed by atoms with E-state index in [0.29, 0.717) is 50.0 Å². The van der Waals surface area contributed by atoms with E-state index in [1.165, 1.54) is 11.3 Å². The second-order valence-corrected chi connectivity index (χ2v) is 10.6. The molecule has 0 bridgehead atoms. The fourth-order valence-corrected chi connectivity index (χ4v) is 6.62. The second kappa shape index (κ2) is 9.14. The summed E-state index contributed by atoms with van der Waals surface area (Å²) in [5.74, 6) is 0.846. The molecule has 0 radical (unpaired) electrons. The fourth-order valence-electron chi connectivity index (χ4n) is 4.04. The lowest BCUT2D eigenvalue weighted by atomic mass is 9.84. The molecular formula is C21H27NO5S2. The van der Waals surface area contributed by atoms with Crippen molar-refractivity contribution in [3.63, 3.8) is 0 Å². The molecule has 158 valence electrons. The zero-order valence-corrected chi connectivity index (χ0v) is 18.0. The topological polar surface area (TPSA) is 65.1 Å². The summed E-state index contributed by atoms with van der Waals surface area (Å²) in [6, 6.07) is 13.2. The predicted octanol–water partition coefficient (Wildman–Crippen LogP) is 3.55. The first-order chi connectivity index (χ1) is 14.1. The molecule has 1 aromatic carbocycles. The Labute approximate surface area is 176 Å². The number of nitrogens with zero attached hydrogens (tertiary/aromatic N) is 1. The van der Waals surface area contributed by atoms with Crippen molar-refractivity contribution in [2.75, 3.05) is 32.9 Å². The lowest BCUT2D eigenvalue weighted by Crippen LogP contribution is -2.52. The standard InChI is InChI=1S/C21H27NO5S2/c23-29(24,20-7-4-16-28-20)22-11-9-21(10-12-22)17-19(8-13-27-21)26-15-14-25-18-5-2-1-3-6-18/h1-7,16,19H,8-15,17H2. The number of hydrogen-bond donors (Lipinski definition) is 0. The van der Waals surface area contributed by atoms with E-state index in [0.717, 1.165) is 18.6 Å². The molecule has 8 heteroatoms. The molecule has 3 heterocycles. The highest BCUT2D eigenvalue weighted by molar-refractivity contribution is 7.91. The minimum Gasteiger partial charge on any atom is -0.491 e. The Morgan fingerprint density at radius 3 is 2.62 bits per heavy atom. The van der Waals surface area contributed by atoms with Crippen LogP contribution in [0.3, 0.4) is 0 Å². The first-order valence-corrected chi connectivity index (χ1v) is 12.4. The Hall–Kier alpha value is -1.45. The van der Waals surface area contributed by atoms with Crippen LogP contribution in [0.25, 0.3) is 0 Å². The van der Waals surface area contributed by atoms with Crippen LogP contribution < -0.4 is 4.74 Å². The van der Waals surface area contributed by atoms with Gasteiger partial charge in [-0.15, -0.1) is 11.3 Å². The van der Waals surface area contributed by atoms with E-state index in [2.05, 4.69) is 0 Å². The van der Waals surface area contributed by atoms with Gasteiger partial charge in [0.2, 0.25) is 0 Å². The maximum absolute atomic E-state index is 12.7. The third-order valence-electron chi connectivity index (χ3n) is 5.62.